The number of ether oxygens (including phenoxy) is 1. The zero-order valence-corrected chi connectivity index (χ0v) is 13.0. The number of carbonyl (C=O) groups is 2. The predicted octanol–water partition coefficient (Wildman–Crippen LogP) is 2.65. The zero-order chi connectivity index (χ0) is 16.8. The standard InChI is InChI=1S/C18H18FNO3/c1-12-5-3-6-13(9-12)10-16(18(22)23-2)20-17(21)14-7-4-8-15(19)11-14/h3-9,11,16H,10H2,1-2H3,(H,20,21)/t16-/m0/s1. The number of rotatable bonds is 5. The van der Waals surface area contributed by atoms with Gasteiger partial charge in [0.2, 0.25) is 0 Å². The second-order valence-electron chi connectivity index (χ2n) is 5.25. The van der Waals surface area contributed by atoms with Gasteiger partial charge in [-0.3, -0.25) is 4.79 Å². The Bertz CT molecular complexity index is 715. The van der Waals surface area contributed by atoms with Crippen LogP contribution in [0.2, 0.25) is 0 Å². The molecule has 23 heavy (non-hydrogen) atoms. The maximum atomic E-state index is 13.2. The van der Waals surface area contributed by atoms with Crippen LogP contribution in [0, 0.1) is 12.7 Å². The summed E-state index contributed by atoms with van der Waals surface area (Å²) in [5, 5.41) is 2.60. The minimum absolute atomic E-state index is 0.156. The fourth-order valence-electron chi connectivity index (χ4n) is 2.28. The van der Waals surface area contributed by atoms with E-state index in [0.717, 1.165) is 17.2 Å². The Morgan fingerprint density at radius 2 is 1.91 bits per heavy atom. The van der Waals surface area contributed by atoms with Crippen molar-refractivity contribution in [1.82, 2.24) is 5.32 Å². The van der Waals surface area contributed by atoms with Crippen LogP contribution in [0.15, 0.2) is 48.5 Å². The number of halogens is 1. The van der Waals surface area contributed by atoms with Gasteiger partial charge in [0.15, 0.2) is 0 Å². The van der Waals surface area contributed by atoms with Crippen molar-refractivity contribution >= 4 is 11.9 Å². The normalized spacial score (nSPS) is 11.6. The molecule has 5 heteroatoms. The van der Waals surface area contributed by atoms with E-state index in [1.165, 1.54) is 25.3 Å². The molecule has 0 aliphatic rings. The molecule has 1 N–H and O–H groups in total. The van der Waals surface area contributed by atoms with Crippen molar-refractivity contribution in [3.63, 3.8) is 0 Å². The van der Waals surface area contributed by atoms with Gasteiger partial charge in [-0.25, -0.2) is 9.18 Å². The Morgan fingerprint density at radius 1 is 1.17 bits per heavy atom. The van der Waals surface area contributed by atoms with Crippen LogP contribution in [-0.2, 0) is 16.0 Å². The summed E-state index contributed by atoms with van der Waals surface area (Å²) in [6, 6.07) is 12.1. The third-order valence-electron chi connectivity index (χ3n) is 3.40. The van der Waals surface area contributed by atoms with Gasteiger partial charge in [-0.15, -0.1) is 0 Å². The number of methoxy groups -OCH3 is 1. The molecule has 2 rings (SSSR count). The largest absolute Gasteiger partial charge is 0.467 e. The molecule has 0 saturated carbocycles. The van der Waals surface area contributed by atoms with Crippen LogP contribution in [0.3, 0.4) is 0 Å². The van der Waals surface area contributed by atoms with Crippen LogP contribution < -0.4 is 5.32 Å². The van der Waals surface area contributed by atoms with E-state index in [1.54, 1.807) is 0 Å². The first-order valence-corrected chi connectivity index (χ1v) is 7.19. The Balaban J connectivity index is 2.15. The number of hydrogen-bond acceptors (Lipinski definition) is 3. The first-order valence-electron chi connectivity index (χ1n) is 7.19. The van der Waals surface area contributed by atoms with E-state index in [9.17, 15) is 14.0 Å². The van der Waals surface area contributed by atoms with Crippen molar-refractivity contribution in [2.24, 2.45) is 0 Å². The number of amides is 1. The molecular weight excluding hydrogens is 297 g/mol. The van der Waals surface area contributed by atoms with Gasteiger partial charge in [0.25, 0.3) is 5.91 Å². The number of carbonyl (C=O) groups excluding carboxylic acids is 2. The van der Waals surface area contributed by atoms with Crippen molar-refractivity contribution in [2.45, 2.75) is 19.4 Å². The third-order valence-corrected chi connectivity index (χ3v) is 3.40. The lowest BCUT2D eigenvalue weighted by Crippen LogP contribution is -2.43. The number of aryl methyl sites for hydroxylation is 1. The highest BCUT2D eigenvalue weighted by atomic mass is 19.1. The average Bonchev–Trinajstić information content (AvgIpc) is 2.53. The van der Waals surface area contributed by atoms with Crippen molar-refractivity contribution < 1.29 is 18.7 Å². The smallest absolute Gasteiger partial charge is 0.328 e. The van der Waals surface area contributed by atoms with Crippen molar-refractivity contribution in [3.05, 3.63) is 71.0 Å². The highest BCUT2D eigenvalue weighted by Crippen LogP contribution is 2.09. The molecule has 0 aliphatic carbocycles. The fraction of sp³-hybridized carbons (Fsp3) is 0.222. The van der Waals surface area contributed by atoms with E-state index in [4.69, 9.17) is 4.74 Å². The van der Waals surface area contributed by atoms with Crippen LogP contribution in [0.5, 0.6) is 0 Å². The van der Waals surface area contributed by atoms with Gasteiger partial charge in [0, 0.05) is 12.0 Å². The second kappa shape index (κ2) is 7.54. The maximum absolute atomic E-state index is 13.2. The molecule has 1 amide bonds. The van der Waals surface area contributed by atoms with E-state index >= 15 is 0 Å². The van der Waals surface area contributed by atoms with E-state index in [0.29, 0.717) is 6.42 Å². The van der Waals surface area contributed by atoms with Gasteiger partial charge >= 0.3 is 5.97 Å². The van der Waals surface area contributed by atoms with Gasteiger partial charge in [-0.1, -0.05) is 35.9 Å². The minimum atomic E-state index is -0.836. The molecule has 0 saturated heterocycles. The molecule has 1 atom stereocenters. The molecule has 2 aromatic rings. The Labute approximate surface area is 134 Å². The van der Waals surface area contributed by atoms with E-state index in [-0.39, 0.29) is 5.56 Å². The summed E-state index contributed by atoms with van der Waals surface area (Å²) < 4.78 is 18.0. The van der Waals surface area contributed by atoms with Crippen LogP contribution in [-0.4, -0.2) is 25.0 Å². The summed E-state index contributed by atoms with van der Waals surface area (Å²) in [6.07, 6.45) is 0.301. The second-order valence-corrected chi connectivity index (χ2v) is 5.25. The highest BCUT2D eigenvalue weighted by molar-refractivity contribution is 5.96. The van der Waals surface area contributed by atoms with Crippen molar-refractivity contribution in [1.29, 1.82) is 0 Å². The summed E-state index contributed by atoms with van der Waals surface area (Å²) in [5.41, 5.74) is 2.12. The van der Waals surface area contributed by atoms with Gasteiger partial charge in [-0.05, 0) is 30.7 Å². The first kappa shape index (κ1) is 16.7. The fourth-order valence-corrected chi connectivity index (χ4v) is 2.28. The van der Waals surface area contributed by atoms with Gasteiger partial charge in [-0.2, -0.15) is 0 Å². The molecule has 0 aromatic heterocycles. The minimum Gasteiger partial charge on any atom is -0.467 e. The van der Waals surface area contributed by atoms with Crippen LogP contribution in [0.4, 0.5) is 4.39 Å². The zero-order valence-electron chi connectivity index (χ0n) is 13.0. The number of esters is 1. The van der Waals surface area contributed by atoms with Gasteiger partial charge in [0.1, 0.15) is 11.9 Å². The predicted molar refractivity (Wildman–Crippen MR) is 84.6 cm³/mol. The first-order chi connectivity index (χ1) is 11.0. The SMILES string of the molecule is COC(=O)[C@H](Cc1cccc(C)c1)NC(=O)c1cccc(F)c1. The molecule has 0 heterocycles. The summed E-state index contributed by atoms with van der Waals surface area (Å²) in [7, 11) is 1.26. The quantitative estimate of drug-likeness (QED) is 0.863. The summed E-state index contributed by atoms with van der Waals surface area (Å²) in [6.45, 7) is 1.95. The summed E-state index contributed by atoms with van der Waals surface area (Å²) in [5.74, 6) is -1.57. The molecule has 0 bridgehead atoms. The summed E-state index contributed by atoms with van der Waals surface area (Å²) in [4.78, 5) is 24.1. The molecule has 4 nitrogen and oxygen atoms in total. The molecule has 0 fully saturated rings. The molecular formula is C18H18FNO3. The maximum Gasteiger partial charge on any atom is 0.328 e. The van der Waals surface area contributed by atoms with E-state index < -0.39 is 23.7 Å². The Kier molecular flexibility index (Phi) is 5.46. The molecule has 0 spiro atoms. The van der Waals surface area contributed by atoms with E-state index in [2.05, 4.69) is 5.32 Å². The van der Waals surface area contributed by atoms with Gasteiger partial charge < -0.3 is 10.1 Å². The molecule has 2 aromatic carbocycles. The van der Waals surface area contributed by atoms with Crippen LogP contribution in [0.25, 0.3) is 0 Å². The molecule has 0 unspecified atom stereocenters. The average molecular weight is 315 g/mol. The van der Waals surface area contributed by atoms with Gasteiger partial charge in [0.05, 0.1) is 7.11 Å². The van der Waals surface area contributed by atoms with E-state index in [1.807, 2.05) is 31.2 Å². The Morgan fingerprint density at radius 3 is 2.57 bits per heavy atom. The summed E-state index contributed by atoms with van der Waals surface area (Å²) >= 11 is 0. The topological polar surface area (TPSA) is 55.4 Å². The monoisotopic (exact) mass is 315 g/mol. The lowest BCUT2D eigenvalue weighted by molar-refractivity contribution is -0.142. The Hall–Kier alpha value is -2.69. The van der Waals surface area contributed by atoms with Crippen LogP contribution in [0.1, 0.15) is 21.5 Å². The van der Waals surface area contributed by atoms with Crippen molar-refractivity contribution in [3.8, 4) is 0 Å². The lowest BCUT2D eigenvalue weighted by atomic mass is 10.0. The highest BCUT2D eigenvalue weighted by Gasteiger charge is 2.22. The van der Waals surface area contributed by atoms with Crippen molar-refractivity contribution in [2.75, 3.05) is 7.11 Å². The lowest BCUT2D eigenvalue weighted by Gasteiger charge is -2.17. The number of hydrogen-bond donors (Lipinski definition) is 1. The van der Waals surface area contributed by atoms with Crippen LogP contribution >= 0.6 is 0 Å². The number of nitrogens with one attached hydrogen (secondary N) is 1. The number of benzene rings is 2. The molecule has 120 valence electrons. The molecule has 0 radical (unpaired) electrons. The molecule has 0 aliphatic heterocycles. The third kappa shape index (κ3) is 4.64.